The van der Waals surface area contributed by atoms with Crippen LogP contribution in [0.4, 0.5) is 0 Å². The molecular weight excluding hydrogens is 256 g/mol. The van der Waals surface area contributed by atoms with Crippen molar-refractivity contribution in [2.75, 3.05) is 54.2 Å². The van der Waals surface area contributed by atoms with Crippen LogP contribution in [0, 0.1) is 0 Å². The van der Waals surface area contributed by atoms with Gasteiger partial charge in [0, 0.05) is 45.5 Å². The van der Waals surface area contributed by atoms with Crippen molar-refractivity contribution < 1.29 is 14.2 Å². The van der Waals surface area contributed by atoms with Crippen molar-refractivity contribution in [3.05, 3.63) is 29.8 Å². The maximum atomic E-state index is 6.31. The van der Waals surface area contributed by atoms with E-state index in [1.165, 1.54) is 0 Å². The summed E-state index contributed by atoms with van der Waals surface area (Å²) in [6.07, 6.45) is 0. The van der Waals surface area contributed by atoms with Gasteiger partial charge in [0.05, 0.1) is 20.3 Å². The minimum Gasteiger partial charge on any atom is -0.496 e. The Kier molecular flexibility index (Phi) is 8.22. The maximum Gasteiger partial charge on any atom is 0.123 e. The van der Waals surface area contributed by atoms with Crippen LogP contribution >= 0.6 is 0 Å². The fourth-order valence-corrected chi connectivity index (χ4v) is 2.08. The molecule has 0 aromatic heterocycles. The Morgan fingerprint density at radius 3 is 2.20 bits per heavy atom. The maximum absolute atomic E-state index is 6.31. The van der Waals surface area contributed by atoms with E-state index in [1.54, 1.807) is 21.3 Å². The lowest BCUT2D eigenvalue weighted by Crippen LogP contribution is -2.36. The van der Waals surface area contributed by atoms with E-state index in [1.807, 2.05) is 24.3 Å². The largest absolute Gasteiger partial charge is 0.496 e. The third-order valence-corrected chi connectivity index (χ3v) is 3.22. The molecule has 20 heavy (non-hydrogen) atoms. The topological polar surface area (TPSA) is 57.0 Å². The zero-order chi connectivity index (χ0) is 14.8. The quantitative estimate of drug-likeness (QED) is 0.701. The second-order valence-electron chi connectivity index (χ2n) is 4.63. The van der Waals surface area contributed by atoms with E-state index >= 15 is 0 Å². The molecule has 0 aliphatic carbocycles. The zero-order valence-electron chi connectivity index (χ0n) is 12.7. The lowest BCUT2D eigenvalue weighted by Gasteiger charge is -2.26. The molecule has 0 amide bonds. The van der Waals surface area contributed by atoms with Crippen molar-refractivity contribution in [3.8, 4) is 5.75 Å². The Labute approximate surface area is 121 Å². The summed E-state index contributed by atoms with van der Waals surface area (Å²) in [5.74, 6) is 0.832. The monoisotopic (exact) mass is 282 g/mol. The number of ether oxygens (including phenoxy) is 3. The van der Waals surface area contributed by atoms with Crippen LogP contribution in [-0.2, 0) is 9.47 Å². The predicted molar refractivity (Wildman–Crippen MR) is 80.1 cm³/mol. The van der Waals surface area contributed by atoms with Crippen LogP contribution < -0.4 is 10.5 Å². The van der Waals surface area contributed by atoms with Gasteiger partial charge in [-0.25, -0.2) is 0 Å². The fourth-order valence-electron chi connectivity index (χ4n) is 2.08. The van der Waals surface area contributed by atoms with Crippen LogP contribution in [0.5, 0.6) is 5.75 Å². The molecule has 1 aromatic rings. The van der Waals surface area contributed by atoms with Gasteiger partial charge in [0.1, 0.15) is 5.75 Å². The summed E-state index contributed by atoms with van der Waals surface area (Å²) in [5, 5.41) is 0. The summed E-state index contributed by atoms with van der Waals surface area (Å²) >= 11 is 0. The molecular formula is C15H26N2O3. The molecule has 1 aromatic carbocycles. The Hall–Kier alpha value is -1.14. The van der Waals surface area contributed by atoms with Gasteiger partial charge in [0.2, 0.25) is 0 Å². The molecule has 0 radical (unpaired) electrons. The SMILES string of the molecule is COCCN(CCOC)CC(N)c1ccccc1OC. The fraction of sp³-hybridized carbons (Fsp3) is 0.600. The Morgan fingerprint density at radius 1 is 1.05 bits per heavy atom. The van der Waals surface area contributed by atoms with Gasteiger partial charge in [0.15, 0.2) is 0 Å². The number of nitrogens with two attached hydrogens (primary N) is 1. The number of hydrogen-bond donors (Lipinski definition) is 1. The summed E-state index contributed by atoms with van der Waals surface area (Å²) in [4.78, 5) is 2.24. The van der Waals surface area contributed by atoms with Crippen molar-refractivity contribution in [2.45, 2.75) is 6.04 Å². The molecule has 5 nitrogen and oxygen atoms in total. The Bertz CT molecular complexity index is 366. The van der Waals surface area contributed by atoms with E-state index < -0.39 is 0 Å². The van der Waals surface area contributed by atoms with Crippen molar-refractivity contribution in [1.29, 1.82) is 0 Å². The standard InChI is InChI=1S/C15H26N2O3/c1-18-10-8-17(9-11-19-2)12-14(16)13-6-4-5-7-15(13)20-3/h4-7,14H,8-12,16H2,1-3H3. The molecule has 0 heterocycles. The highest BCUT2D eigenvalue weighted by Gasteiger charge is 2.15. The zero-order valence-corrected chi connectivity index (χ0v) is 12.7. The molecule has 0 saturated heterocycles. The van der Waals surface area contributed by atoms with Crippen LogP contribution in [0.15, 0.2) is 24.3 Å². The molecule has 1 atom stereocenters. The van der Waals surface area contributed by atoms with Crippen LogP contribution in [0.25, 0.3) is 0 Å². The molecule has 114 valence electrons. The summed E-state index contributed by atoms with van der Waals surface area (Å²) in [6, 6.07) is 7.77. The van der Waals surface area contributed by atoms with E-state index in [0.717, 1.165) is 30.9 Å². The smallest absolute Gasteiger partial charge is 0.123 e. The van der Waals surface area contributed by atoms with Crippen molar-refractivity contribution in [3.63, 3.8) is 0 Å². The van der Waals surface area contributed by atoms with Crippen molar-refractivity contribution >= 4 is 0 Å². The predicted octanol–water partition coefficient (Wildman–Crippen LogP) is 1.29. The number of para-hydroxylation sites is 1. The van der Waals surface area contributed by atoms with Crippen LogP contribution in [0.2, 0.25) is 0 Å². The lowest BCUT2D eigenvalue weighted by molar-refractivity contribution is 0.110. The average molecular weight is 282 g/mol. The number of methoxy groups -OCH3 is 3. The van der Waals surface area contributed by atoms with Gasteiger partial charge in [-0.05, 0) is 6.07 Å². The minimum atomic E-state index is -0.0973. The van der Waals surface area contributed by atoms with E-state index in [9.17, 15) is 0 Å². The van der Waals surface area contributed by atoms with Gasteiger partial charge in [-0.2, -0.15) is 0 Å². The van der Waals surface area contributed by atoms with E-state index in [2.05, 4.69) is 4.90 Å². The van der Waals surface area contributed by atoms with Gasteiger partial charge >= 0.3 is 0 Å². The molecule has 0 fully saturated rings. The first-order valence-electron chi connectivity index (χ1n) is 6.81. The number of hydrogen-bond acceptors (Lipinski definition) is 5. The van der Waals surface area contributed by atoms with Gasteiger partial charge in [0.25, 0.3) is 0 Å². The first kappa shape index (κ1) is 16.9. The Morgan fingerprint density at radius 2 is 1.65 bits per heavy atom. The minimum absolute atomic E-state index is 0.0973. The highest BCUT2D eigenvalue weighted by atomic mass is 16.5. The molecule has 1 unspecified atom stereocenters. The van der Waals surface area contributed by atoms with Crippen LogP contribution in [-0.4, -0.2) is 59.1 Å². The van der Waals surface area contributed by atoms with Crippen molar-refractivity contribution in [2.24, 2.45) is 5.73 Å². The van der Waals surface area contributed by atoms with E-state index in [-0.39, 0.29) is 6.04 Å². The van der Waals surface area contributed by atoms with Gasteiger partial charge in [-0.3, -0.25) is 4.90 Å². The first-order valence-corrected chi connectivity index (χ1v) is 6.81. The average Bonchev–Trinajstić information content (AvgIpc) is 2.49. The second-order valence-corrected chi connectivity index (χ2v) is 4.63. The summed E-state index contributed by atoms with van der Waals surface area (Å²) < 4.78 is 15.6. The lowest BCUT2D eigenvalue weighted by atomic mass is 10.1. The van der Waals surface area contributed by atoms with Gasteiger partial charge in [-0.1, -0.05) is 18.2 Å². The number of rotatable bonds is 10. The molecule has 0 bridgehead atoms. The molecule has 0 spiro atoms. The highest BCUT2D eigenvalue weighted by Crippen LogP contribution is 2.23. The Balaban J connectivity index is 2.65. The van der Waals surface area contributed by atoms with Gasteiger partial charge in [-0.15, -0.1) is 0 Å². The molecule has 0 aliphatic heterocycles. The summed E-state index contributed by atoms with van der Waals surface area (Å²) in [5.41, 5.74) is 7.34. The molecule has 1 rings (SSSR count). The van der Waals surface area contributed by atoms with Crippen molar-refractivity contribution in [1.82, 2.24) is 4.90 Å². The summed E-state index contributed by atoms with van der Waals surface area (Å²) in [7, 11) is 5.07. The van der Waals surface area contributed by atoms with E-state index in [4.69, 9.17) is 19.9 Å². The summed E-state index contributed by atoms with van der Waals surface area (Å²) in [6.45, 7) is 3.78. The normalized spacial score (nSPS) is 12.7. The van der Waals surface area contributed by atoms with Crippen LogP contribution in [0.3, 0.4) is 0 Å². The second kappa shape index (κ2) is 9.72. The molecule has 2 N–H and O–H groups in total. The third kappa shape index (κ3) is 5.46. The van der Waals surface area contributed by atoms with Gasteiger partial charge < -0.3 is 19.9 Å². The molecule has 0 saturated carbocycles. The molecule has 0 aliphatic rings. The highest BCUT2D eigenvalue weighted by molar-refractivity contribution is 5.35. The first-order chi connectivity index (χ1) is 9.72. The number of benzene rings is 1. The number of nitrogens with zero attached hydrogens (tertiary/aromatic N) is 1. The van der Waals surface area contributed by atoms with Crippen LogP contribution in [0.1, 0.15) is 11.6 Å². The van der Waals surface area contributed by atoms with E-state index in [0.29, 0.717) is 13.2 Å². The third-order valence-electron chi connectivity index (χ3n) is 3.22. The molecule has 5 heteroatoms.